The average Bonchev–Trinajstić information content (AvgIpc) is 3.16. The lowest BCUT2D eigenvalue weighted by Gasteiger charge is -2.52. The minimum absolute atomic E-state index is 0.125. The van der Waals surface area contributed by atoms with Crippen LogP contribution >= 0.6 is 35.1 Å². The molecule has 0 bridgehead atoms. The first-order chi connectivity index (χ1) is 33.1. The molecule has 0 aliphatic carbocycles. The van der Waals surface area contributed by atoms with Gasteiger partial charge in [0, 0.05) is 29.6 Å². The summed E-state index contributed by atoms with van der Waals surface area (Å²) in [7, 11) is 0. The summed E-state index contributed by atoms with van der Waals surface area (Å²) in [6.45, 7) is 88.0. The van der Waals surface area contributed by atoms with E-state index < -0.39 is 0 Å². The molecule has 74 heavy (non-hydrogen) atoms. The van der Waals surface area contributed by atoms with E-state index >= 15 is 0 Å². The highest BCUT2D eigenvalue weighted by Gasteiger charge is 2.42. The van der Waals surface area contributed by atoms with Gasteiger partial charge in [0.25, 0.3) is 0 Å². The van der Waals surface area contributed by atoms with E-state index in [0.29, 0.717) is 32.7 Å². The summed E-state index contributed by atoms with van der Waals surface area (Å²) in [6, 6.07) is 0.799. The molecule has 0 unspecified atom stereocenters. The molecule has 1 amide bonds. The number of amides is 1. The number of carbonyl (C=O) groups excluding carboxylic acids is 1. The van der Waals surface area contributed by atoms with Crippen molar-refractivity contribution in [3.63, 3.8) is 0 Å². The predicted octanol–water partition coefficient (Wildman–Crippen LogP) is 22.4. The summed E-state index contributed by atoms with van der Waals surface area (Å²) in [6.07, 6.45) is 6.72. The molecule has 0 aromatic carbocycles. The van der Waals surface area contributed by atoms with E-state index in [1.165, 1.54) is 19.3 Å². The van der Waals surface area contributed by atoms with Crippen LogP contribution in [0.1, 0.15) is 303 Å². The van der Waals surface area contributed by atoms with Crippen LogP contribution < -0.4 is 5.32 Å². The van der Waals surface area contributed by atoms with Crippen LogP contribution in [0.4, 0.5) is 0 Å². The van der Waals surface area contributed by atoms with Crippen molar-refractivity contribution >= 4 is 41.0 Å². The van der Waals surface area contributed by atoms with Crippen LogP contribution in [0.25, 0.3) is 0 Å². The molecule has 1 N–H and O–H groups in total. The molecule has 0 saturated carbocycles. The predicted molar refractivity (Wildman–Crippen MR) is 359 cm³/mol. The van der Waals surface area contributed by atoms with Crippen LogP contribution in [-0.2, 0) is 19.1 Å². The highest BCUT2D eigenvalue weighted by molar-refractivity contribution is 8.59. The quantitative estimate of drug-likeness (QED) is 0.181. The van der Waals surface area contributed by atoms with Crippen molar-refractivity contribution < 1.29 is 19.1 Å². The lowest BCUT2D eigenvalue weighted by Crippen LogP contribution is -2.58. The first kappa shape index (κ1) is 103. The summed E-state index contributed by atoms with van der Waals surface area (Å²) < 4.78 is 10.1. The van der Waals surface area contributed by atoms with Crippen LogP contribution in [0, 0.1) is 53.3 Å². The second-order valence-corrected chi connectivity index (χ2v) is 28.8. The molecule has 2 aliphatic heterocycles. The normalized spacial score (nSPS) is 14.0. The maximum atomic E-state index is 10.5. The number of nitrogens with one attached hydrogen (secondary N) is 1. The second kappa shape index (κ2) is 73.3. The third kappa shape index (κ3) is 187. The van der Waals surface area contributed by atoms with Gasteiger partial charge in [-0.1, -0.05) is 208 Å². The fourth-order valence-electron chi connectivity index (χ4n) is 3.60. The van der Waals surface area contributed by atoms with Gasteiger partial charge in [-0.2, -0.15) is 16.8 Å². The molecule has 10 heteroatoms. The number of hydrogen-bond acceptors (Lipinski definition) is 9. The van der Waals surface area contributed by atoms with Gasteiger partial charge in [-0.15, -0.1) is 23.3 Å². The van der Waals surface area contributed by atoms with Gasteiger partial charge in [0.1, 0.15) is 20.3 Å². The van der Waals surface area contributed by atoms with Gasteiger partial charge in [0.2, 0.25) is 5.91 Å². The smallest absolute Gasteiger partial charge is 0.219 e. The molecule has 0 spiro atoms. The number of hydroxylamine groups is 2. The number of thioether (sulfide) groups is 1. The Hall–Kier alpha value is 0.320. The molecule has 0 radical (unpaired) electrons. The fourth-order valence-corrected chi connectivity index (χ4v) is 3.60. The van der Waals surface area contributed by atoms with Gasteiger partial charge in [-0.25, -0.2) is 0 Å². The minimum atomic E-state index is 0.125. The number of carbonyl (C=O) groups is 1. The standard InChI is InChI=1S/C12H25NO.C6H13NO2.C6H13NO.C4H10S.9C4H10.H2S2/c1-10(2)14-13-11(3,4)8-7-9-12(13,5)6;1-6(2)7-3-8-5-9-4-7;1-4-6(8)7-5(2)3;1-4(2)5-3;9*1-4(2)3;1-2/h10H,7-9H2,1-6H3;6H,3-5H2,1-2H3;5H,4H2,1-3H3,(H,7,8);4H,1-3H3;9*4H,1-3H3;1-2H. The molecule has 0 aromatic rings. The summed E-state index contributed by atoms with van der Waals surface area (Å²) in [5.41, 5.74) is 0.345. The molecule has 2 aliphatic rings. The number of thiol groups is 2. The zero-order valence-electron chi connectivity index (χ0n) is 59.3. The maximum Gasteiger partial charge on any atom is 0.219 e. The van der Waals surface area contributed by atoms with Crippen molar-refractivity contribution in [3.8, 4) is 0 Å². The lowest BCUT2D eigenvalue weighted by molar-refractivity contribution is -0.298. The highest BCUT2D eigenvalue weighted by atomic mass is 33.1. The molecule has 2 heterocycles. The molecule has 2 rings (SSSR count). The molecule has 0 aromatic heterocycles. The van der Waals surface area contributed by atoms with Gasteiger partial charge in [-0.3, -0.25) is 14.5 Å². The monoisotopic (exact) mass is 1120 g/mol. The number of hydrogen-bond donors (Lipinski definition) is 3. The average molecular weight is 1130 g/mol. The van der Waals surface area contributed by atoms with E-state index in [1.54, 1.807) is 0 Å². The zero-order chi connectivity index (χ0) is 62.7. The van der Waals surface area contributed by atoms with Crippen molar-refractivity contribution in [1.29, 1.82) is 0 Å². The molecular weight excluding hydrogens is 971 g/mol. The van der Waals surface area contributed by atoms with Crippen molar-refractivity contribution in [1.82, 2.24) is 15.3 Å². The Balaban J connectivity index is -0.0000000580. The maximum absolute atomic E-state index is 10.5. The third-order valence-corrected chi connectivity index (χ3v) is 6.59. The van der Waals surface area contributed by atoms with Gasteiger partial charge in [0.05, 0.1) is 6.10 Å². The van der Waals surface area contributed by atoms with E-state index in [2.05, 4.69) is 301 Å². The van der Waals surface area contributed by atoms with Gasteiger partial charge in [0.15, 0.2) is 0 Å². The minimum Gasteiger partial charge on any atom is -0.354 e. The number of nitrogens with zero attached hydrogens (tertiary/aromatic N) is 2. The van der Waals surface area contributed by atoms with Crippen LogP contribution in [0.5, 0.6) is 0 Å². The van der Waals surface area contributed by atoms with Gasteiger partial charge in [-0.05, 0) is 153 Å². The van der Waals surface area contributed by atoms with Crippen molar-refractivity contribution in [3.05, 3.63) is 0 Å². The van der Waals surface area contributed by atoms with E-state index in [-0.39, 0.29) is 29.1 Å². The summed E-state index contributed by atoms with van der Waals surface area (Å²) in [5, 5.41) is 5.77. The fraction of sp³-hybridized carbons (Fsp3) is 0.984. The van der Waals surface area contributed by atoms with Gasteiger partial charge >= 0.3 is 0 Å². The first-order valence-corrected chi connectivity index (χ1v) is 32.4. The summed E-state index contributed by atoms with van der Waals surface area (Å²) in [4.78, 5) is 18.6. The van der Waals surface area contributed by atoms with Crippen LogP contribution in [0.15, 0.2) is 0 Å². The van der Waals surface area contributed by atoms with E-state index in [0.717, 1.165) is 58.5 Å². The Kier molecular flexibility index (Phi) is 102. The first-order valence-electron chi connectivity index (χ1n) is 29.5. The Labute approximate surface area is 489 Å². The topological polar surface area (TPSA) is 63.3 Å². The molecule has 2 fully saturated rings. The number of rotatable bonds is 6. The van der Waals surface area contributed by atoms with Gasteiger partial charge < -0.3 is 14.8 Å². The lowest BCUT2D eigenvalue weighted by atomic mass is 9.82. The second-order valence-electron chi connectivity index (χ2n) is 27.3. The van der Waals surface area contributed by atoms with Crippen molar-refractivity contribution in [2.75, 3.05) is 26.5 Å². The summed E-state index contributed by atoms with van der Waals surface area (Å²) in [5.74, 6) is 7.62. The Morgan fingerprint density at radius 2 is 0.716 bits per heavy atom. The summed E-state index contributed by atoms with van der Waals surface area (Å²) >= 11 is 8.32. The Bertz CT molecular complexity index is 822. The van der Waals surface area contributed by atoms with Crippen LogP contribution in [0.3, 0.4) is 0 Å². The van der Waals surface area contributed by atoms with Crippen molar-refractivity contribution in [2.45, 2.75) is 337 Å². The largest absolute Gasteiger partial charge is 0.354 e. The molecule has 7 nitrogen and oxygen atoms in total. The Morgan fingerprint density at radius 3 is 0.838 bits per heavy atom. The van der Waals surface area contributed by atoms with E-state index in [9.17, 15) is 4.79 Å². The van der Waals surface area contributed by atoms with Crippen molar-refractivity contribution in [2.24, 2.45) is 53.3 Å². The number of piperidine rings is 1. The van der Waals surface area contributed by atoms with E-state index in [1.807, 2.05) is 32.5 Å². The molecule has 466 valence electrons. The molecule has 0 atom stereocenters. The van der Waals surface area contributed by atoms with Crippen LogP contribution in [0.2, 0.25) is 0 Å². The van der Waals surface area contributed by atoms with Crippen LogP contribution in [-0.4, -0.2) is 76.9 Å². The highest BCUT2D eigenvalue weighted by Crippen LogP contribution is 2.38. The third-order valence-electron chi connectivity index (χ3n) is 5.65. The molecule has 2 saturated heterocycles. The zero-order valence-corrected chi connectivity index (χ0v) is 61.9. The SMILES string of the molecule is CC(C)C.CC(C)C.CC(C)C.CC(C)C.CC(C)C.CC(C)C.CC(C)C.CC(C)C.CC(C)C.CC(C)N1COCOC1.CC(C)ON1C(C)(C)CCCC1(C)C.CCC(=O)NC(C)C.CSC(C)C.SS. The van der Waals surface area contributed by atoms with E-state index in [4.69, 9.17) is 14.3 Å². The molecular formula is C64H153N3O4S3. The number of ether oxygens (including phenoxy) is 2. The Morgan fingerprint density at radius 1 is 0.500 bits per heavy atom.